The van der Waals surface area contributed by atoms with Gasteiger partial charge in [-0.3, -0.25) is 19.3 Å². The molecular formula is C29H32N2O9. The molecule has 40 heavy (non-hydrogen) atoms. The lowest BCUT2D eigenvalue weighted by Crippen LogP contribution is -2.41. The summed E-state index contributed by atoms with van der Waals surface area (Å²) in [4.78, 5) is 64.0. The Morgan fingerprint density at radius 2 is 1.30 bits per heavy atom. The topological polar surface area (TPSA) is 152 Å². The first-order valence-electron chi connectivity index (χ1n) is 13.0. The van der Waals surface area contributed by atoms with E-state index in [0.29, 0.717) is 19.8 Å². The van der Waals surface area contributed by atoms with Crippen LogP contribution in [-0.2, 0) is 18.9 Å². The largest absolute Gasteiger partial charge is 0.386 e. The zero-order valence-electron chi connectivity index (χ0n) is 22.8. The fraction of sp³-hybridized carbons (Fsp3) is 0.414. The zero-order chi connectivity index (χ0) is 29.1. The predicted octanol–water partition coefficient (Wildman–Crippen LogP) is 2.39. The molecule has 2 N–H and O–H groups in total. The standard InChI is InChI=1S/C29H32N2O9/c1-15(30)11-37-13-17(3)39-14-18(4)38-12-16(2)31-26(33)21-7-5-19(9-23(21)27(31)34)25(32)20-6-8-22-24(10-20)29(36)40-28(22)35/h5-10,15-18H,11-14,30H2,1-4H3. The van der Waals surface area contributed by atoms with Gasteiger partial charge in [0.2, 0.25) is 0 Å². The smallest absolute Gasteiger partial charge is 0.346 e. The van der Waals surface area contributed by atoms with Crippen molar-refractivity contribution in [1.82, 2.24) is 4.90 Å². The number of carbonyl (C=O) groups is 5. The zero-order valence-corrected chi connectivity index (χ0v) is 22.8. The number of carbonyl (C=O) groups excluding carboxylic acids is 5. The summed E-state index contributed by atoms with van der Waals surface area (Å²) in [7, 11) is 0. The molecule has 4 rings (SSSR count). The maximum atomic E-state index is 13.2. The summed E-state index contributed by atoms with van der Waals surface area (Å²) in [5, 5.41) is 0. The second-order valence-corrected chi connectivity index (χ2v) is 10.2. The van der Waals surface area contributed by atoms with Gasteiger partial charge >= 0.3 is 11.9 Å². The molecule has 2 heterocycles. The Balaban J connectivity index is 1.36. The number of benzene rings is 2. The highest BCUT2D eigenvalue weighted by molar-refractivity contribution is 6.23. The Hall–Kier alpha value is -3.77. The van der Waals surface area contributed by atoms with Gasteiger partial charge in [0, 0.05) is 17.2 Å². The molecule has 0 spiro atoms. The van der Waals surface area contributed by atoms with Crippen LogP contribution in [0.5, 0.6) is 0 Å². The van der Waals surface area contributed by atoms with E-state index in [1.54, 1.807) is 6.92 Å². The lowest BCUT2D eigenvalue weighted by molar-refractivity contribution is -0.0633. The van der Waals surface area contributed by atoms with Gasteiger partial charge in [0.25, 0.3) is 11.8 Å². The first-order valence-corrected chi connectivity index (χ1v) is 13.0. The fourth-order valence-electron chi connectivity index (χ4n) is 4.39. The number of rotatable bonds is 13. The Kier molecular flexibility index (Phi) is 8.89. The first kappa shape index (κ1) is 29.2. The van der Waals surface area contributed by atoms with Crippen LogP contribution >= 0.6 is 0 Å². The molecule has 0 aliphatic carbocycles. The number of cyclic esters (lactones) is 2. The molecule has 2 amide bonds. The fourth-order valence-corrected chi connectivity index (χ4v) is 4.39. The molecule has 2 aliphatic rings. The summed E-state index contributed by atoms with van der Waals surface area (Å²) < 4.78 is 21.6. The van der Waals surface area contributed by atoms with Gasteiger partial charge in [-0.25, -0.2) is 9.59 Å². The second-order valence-electron chi connectivity index (χ2n) is 10.2. The van der Waals surface area contributed by atoms with Crippen molar-refractivity contribution >= 4 is 29.5 Å². The van der Waals surface area contributed by atoms with E-state index in [1.807, 2.05) is 20.8 Å². The van der Waals surface area contributed by atoms with Crippen molar-refractivity contribution in [3.63, 3.8) is 0 Å². The summed E-state index contributed by atoms with van der Waals surface area (Å²) >= 11 is 0. The molecule has 0 radical (unpaired) electrons. The Morgan fingerprint density at radius 3 is 1.98 bits per heavy atom. The quantitative estimate of drug-likeness (QED) is 0.170. The van der Waals surface area contributed by atoms with Crippen molar-refractivity contribution in [2.75, 3.05) is 26.4 Å². The van der Waals surface area contributed by atoms with Gasteiger partial charge in [0.1, 0.15) is 0 Å². The van der Waals surface area contributed by atoms with Crippen LogP contribution in [0.1, 0.15) is 85.0 Å². The molecule has 0 saturated heterocycles. The molecule has 11 heteroatoms. The van der Waals surface area contributed by atoms with Crippen molar-refractivity contribution in [2.24, 2.45) is 5.73 Å². The highest BCUT2D eigenvalue weighted by Crippen LogP contribution is 2.28. The number of ether oxygens (including phenoxy) is 4. The van der Waals surface area contributed by atoms with Crippen molar-refractivity contribution < 1.29 is 42.9 Å². The molecule has 2 aromatic rings. The maximum absolute atomic E-state index is 13.2. The van der Waals surface area contributed by atoms with E-state index in [0.717, 1.165) is 4.90 Å². The molecular weight excluding hydrogens is 520 g/mol. The Labute approximate surface area is 231 Å². The summed E-state index contributed by atoms with van der Waals surface area (Å²) in [6.45, 7) is 8.53. The third kappa shape index (κ3) is 6.18. The molecule has 0 aromatic heterocycles. The molecule has 0 saturated carbocycles. The lowest BCUT2D eigenvalue weighted by Gasteiger charge is -2.24. The SMILES string of the molecule is CC(N)COCC(C)OCC(C)OCC(C)N1C(=O)c2ccc(C(=O)c3ccc4c(c3)C(=O)OC4=O)cc2C1=O. The van der Waals surface area contributed by atoms with E-state index in [1.165, 1.54) is 36.4 Å². The summed E-state index contributed by atoms with van der Waals surface area (Å²) in [5.41, 5.74) is 6.36. The average molecular weight is 553 g/mol. The summed E-state index contributed by atoms with van der Waals surface area (Å²) in [6, 6.07) is 7.69. The Bertz CT molecular complexity index is 1350. The Morgan fingerprint density at radius 1 is 0.750 bits per heavy atom. The first-order chi connectivity index (χ1) is 19.0. The van der Waals surface area contributed by atoms with Crippen molar-refractivity contribution in [3.05, 3.63) is 69.8 Å². The highest BCUT2D eigenvalue weighted by Gasteiger charge is 2.39. The van der Waals surface area contributed by atoms with Gasteiger partial charge in [0.05, 0.1) is 66.9 Å². The van der Waals surface area contributed by atoms with Crippen molar-refractivity contribution in [2.45, 2.75) is 52.0 Å². The number of ketones is 1. The van der Waals surface area contributed by atoms with Crippen LogP contribution < -0.4 is 5.73 Å². The van der Waals surface area contributed by atoms with Crippen molar-refractivity contribution in [1.29, 1.82) is 0 Å². The molecule has 11 nitrogen and oxygen atoms in total. The predicted molar refractivity (Wildman–Crippen MR) is 141 cm³/mol. The maximum Gasteiger partial charge on any atom is 0.346 e. The number of nitrogens with zero attached hydrogens (tertiary/aromatic N) is 1. The molecule has 0 bridgehead atoms. The molecule has 4 atom stereocenters. The number of imide groups is 1. The normalized spacial score (nSPS) is 17.4. The van der Waals surface area contributed by atoms with E-state index in [2.05, 4.69) is 4.74 Å². The average Bonchev–Trinajstić information content (AvgIpc) is 3.35. The van der Waals surface area contributed by atoms with E-state index in [4.69, 9.17) is 19.9 Å². The summed E-state index contributed by atoms with van der Waals surface area (Å²) in [5.74, 6) is -3.06. The van der Waals surface area contributed by atoms with E-state index in [9.17, 15) is 24.0 Å². The van der Waals surface area contributed by atoms with E-state index in [-0.39, 0.29) is 58.2 Å². The third-order valence-electron chi connectivity index (χ3n) is 6.50. The van der Waals surface area contributed by atoms with Crippen LogP contribution in [0.4, 0.5) is 0 Å². The van der Waals surface area contributed by atoms with Crippen LogP contribution in [0.15, 0.2) is 36.4 Å². The number of hydrogen-bond acceptors (Lipinski definition) is 10. The number of esters is 2. The van der Waals surface area contributed by atoms with Crippen LogP contribution in [0, 0.1) is 0 Å². The van der Waals surface area contributed by atoms with Crippen LogP contribution in [-0.4, -0.2) is 85.2 Å². The minimum Gasteiger partial charge on any atom is -0.386 e. The number of amides is 2. The van der Waals surface area contributed by atoms with Gasteiger partial charge in [-0.05, 0) is 52.0 Å². The second kappa shape index (κ2) is 12.2. The van der Waals surface area contributed by atoms with Gasteiger partial charge in [-0.2, -0.15) is 0 Å². The number of fused-ring (bicyclic) bond motifs is 2. The van der Waals surface area contributed by atoms with E-state index < -0.39 is 35.6 Å². The minimum absolute atomic E-state index is 0.00640. The van der Waals surface area contributed by atoms with E-state index >= 15 is 0 Å². The molecule has 0 fully saturated rings. The van der Waals surface area contributed by atoms with Gasteiger partial charge in [-0.1, -0.05) is 12.1 Å². The minimum atomic E-state index is -0.821. The van der Waals surface area contributed by atoms with Crippen LogP contribution in [0.2, 0.25) is 0 Å². The van der Waals surface area contributed by atoms with Crippen LogP contribution in [0.25, 0.3) is 0 Å². The summed E-state index contributed by atoms with van der Waals surface area (Å²) in [6.07, 6.45) is -0.443. The molecule has 2 aliphatic heterocycles. The third-order valence-corrected chi connectivity index (χ3v) is 6.50. The number of hydrogen-bond donors (Lipinski definition) is 1. The van der Waals surface area contributed by atoms with Gasteiger partial charge in [0.15, 0.2) is 5.78 Å². The molecule has 2 aromatic carbocycles. The van der Waals surface area contributed by atoms with Crippen molar-refractivity contribution in [3.8, 4) is 0 Å². The lowest BCUT2D eigenvalue weighted by atomic mass is 9.96. The van der Waals surface area contributed by atoms with Gasteiger partial charge < -0.3 is 24.7 Å². The van der Waals surface area contributed by atoms with Crippen LogP contribution in [0.3, 0.4) is 0 Å². The highest BCUT2D eigenvalue weighted by atomic mass is 16.6. The van der Waals surface area contributed by atoms with Gasteiger partial charge in [-0.15, -0.1) is 0 Å². The molecule has 212 valence electrons. The number of nitrogens with two attached hydrogens (primary N) is 1. The monoisotopic (exact) mass is 552 g/mol. The molecule has 4 unspecified atom stereocenters.